The van der Waals surface area contributed by atoms with Crippen LogP contribution in [-0.2, 0) is 22.5 Å². The SMILES string of the molecule is COC(=O)c1ccc(N2C3CCC2CN(CC(=O)N2CCc4nc(-c5ccc(OC)cc5)sc4C2)C3)nc1. The number of thiazole rings is 1. The quantitative estimate of drug-likeness (QED) is 0.447. The Morgan fingerprint density at radius 2 is 1.82 bits per heavy atom. The molecule has 2 fully saturated rings. The Hall–Kier alpha value is -3.50. The molecule has 0 N–H and O–H groups in total. The van der Waals surface area contributed by atoms with E-state index in [1.807, 2.05) is 35.2 Å². The van der Waals surface area contributed by atoms with Gasteiger partial charge in [-0.25, -0.2) is 14.8 Å². The van der Waals surface area contributed by atoms with Crippen molar-refractivity contribution in [3.63, 3.8) is 0 Å². The Bertz CT molecular complexity index is 1310. The molecule has 9 nitrogen and oxygen atoms in total. The van der Waals surface area contributed by atoms with Gasteiger partial charge in [0.2, 0.25) is 5.91 Å². The fraction of sp³-hybridized carbons (Fsp3) is 0.429. The van der Waals surface area contributed by atoms with Crippen LogP contribution < -0.4 is 9.64 Å². The second-order valence-corrected chi connectivity index (χ2v) is 11.1. The summed E-state index contributed by atoms with van der Waals surface area (Å²) in [5, 5.41) is 0.993. The number of fused-ring (bicyclic) bond motifs is 3. The van der Waals surface area contributed by atoms with Crippen LogP contribution in [0.4, 0.5) is 5.82 Å². The molecule has 2 saturated heterocycles. The normalized spacial score (nSPS) is 20.8. The third-order valence-corrected chi connectivity index (χ3v) is 8.90. The number of rotatable bonds is 6. The lowest BCUT2D eigenvalue weighted by atomic mass is 10.1. The first-order chi connectivity index (χ1) is 18.5. The minimum absolute atomic E-state index is 0.184. The van der Waals surface area contributed by atoms with Gasteiger partial charge >= 0.3 is 5.97 Å². The van der Waals surface area contributed by atoms with Crippen LogP contribution in [-0.4, -0.2) is 84.1 Å². The van der Waals surface area contributed by atoms with E-state index >= 15 is 0 Å². The van der Waals surface area contributed by atoms with Gasteiger partial charge in [0.25, 0.3) is 0 Å². The fourth-order valence-corrected chi connectivity index (χ4v) is 6.96. The summed E-state index contributed by atoms with van der Waals surface area (Å²) in [7, 11) is 3.04. The number of hydrogen-bond donors (Lipinski definition) is 0. The van der Waals surface area contributed by atoms with Gasteiger partial charge < -0.3 is 19.3 Å². The third-order valence-electron chi connectivity index (χ3n) is 7.77. The van der Waals surface area contributed by atoms with E-state index in [0.29, 0.717) is 37.3 Å². The Morgan fingerprint density at radius 1 is 1.05 bits per heavy atom. The van der Waals surface area contributed by atoms with Crippen molar-refractivity contribution in [3.05, 3.63) is 58.7 Å². The number of amides is 1. The monoisotopic (exact) mass is 533 g/mol. The molecule has 2 bridgehead atoms. The standard InChI is InChI=1S/C28H31N5O4S/c1-36-22-8-3-18(4-9-22)27-30-23-11-12-32(16-24(23)38-27)26(34)17-31-14-20-6-7-21(15-31)33(20)25-10-5-19(13-29-25)28(35)37-2/h3-5,8-10,13,20-21H,6-7,11-12,14-17H2,1-2H3. The summed E-state index contributed by atoms with van der Waals surface area (Å²) in [6.45, 7) is 3.45. The van der Waals surface area contributed by atoms with Crippen LogP contribution in [0.25, 0.3) is 10.6 Å². The Balaban J connectivity index is 1.07. The zero-order valence-corrected chi connectivity index (χ0v) is 22.4. The highest BCUT2D eigenvalue weighted by molar-refractivity contribution is 7.15. The summed E-state index contributed by atoms with van der Waals surface area (Å²) in [6.07, 6.45) is 4.54. The van der Waals surface area contributed by atoms with Gasteiger partial charge in [0.1, 0.15) is 16.6 Å². The number of aromatic nitrogens is 2. The summed E-state index contributed by atoms with van der Waals surface area (Å²) in [5.74, 6) is 1.52. The number of ether oxygens (including phenoxy) is 2. The highest BCUT2D eigenvalue weighted by Gasteiger charge is 2.41. The number of piperazine rings is 1. The molecule has 3 aliphatic rings. The maximum Gasteiger partial charge on any atom is 0.339 e. The van der Waals surface area contributed by atoms with Gasteiger partial charge in [-0.1, -0.05) is 0 Å². The summed E-state index contributed by atoms with van der Waals surface area (Å²) in [4.78, 5) is 42.3. The topological polar surface area (TPSA) is 88.1 Å². The number of benzene rings is 1. The molecule has 0 aliphatic carbocycles. The van der Waals surface area contributed by atoms with Gasteiger partial charge in [0, 0.05) is 54.8 Å². The van der Waals surface area contributed by atoms with Gasteiger partial charge in [0.15, 0.2) is 0 Å². The van der Waals surface area contributed by atoms with Gasteiger partial charge in [-0.15, -0.1) is 11.3 Å². The van der Waals surface area contributed by atoms with Gasteiger partial charge in [-0.05, 0) is 49.2 Å². The first-order valence-corrected chi connectivity index (χ1v) is 13.8. The number of hydrogen-bond acceptors (Lipinski definition) is 9. The summed E-state index contributed by atoms with van der Waals surface area (Å²) >= 11 is 1.68. The van der Waals surface area contributed by atoms with Crippen LogP contribution in [0.5, 0.6) is 5.75 Å². The van der Waals surface area contributed by atoms with E-state index in [1.165, 1.54) is 12.0 Å². The number of anilines is 1. The van der Waals surface area contributed by atoms with Crippen molar-refractivity contribution < 1.29 is 19.1 Å². The first-order valence-electron chi connectivity index (χ1n) is 13.0. The third kappa shape index (κ3) is 4.74. The Kier molecular flexibility index (Phi) is 6.75. The largest absolute Gasteiger partial charge is 0.497 e. The highest BCUT2D eigenvalue weighted by Crippen LogP contribution is 2.35. The second-order valence-electron chi connectivity index (χ2n) is 10.1. The summed E-state index contributed by atoms with van der Waals surface area (Å²) < 4.78 is 10.0. The van der Waals surface area contributed by atoms with Crippen molar-refractivity contribution in [3.8, 4) is 16.3 Å². The predicted octanol–water partition coefficient (Wildman–Crippen LogP) is 3.24. The van der Waals surface area contributed by atoms with Crippen LogP contribution in [0, 0.1) is 0 Å². The molecule has 5 heterocycles. The first kappa shape index (κ1) is 24.8. The molecular weight excluding hydrogens is 502 g/mol. The molecule has 2 aromatic heterocycles. The van der Waals surface area contributed by atoms with E-state index in [1.54, 1.807) is 30.7 Å². The van der Waals surface area contributed by atoms with Crippen LogP contribution in [0.1, 0.15) is 33.8 Å². The summed E-state index contributed by atoms with van der Waals surface area (Å²) in [5.41, 5.74) is 2.64. The van der Waals surface area contributed by atoms with Crippen molar-refractivity contribution in [1.29, 1.82) is 0 Å². The number of nitrogens with zero attached hydrogens (tertiary/aromatic N) is 5. The number of pyridine rings is 1. The molecule has 3 aliphatic heterocycles. The van der Waals surface area contributed by atoms with E-state index in [0.717, 1.165) is 60.2 Å². The van der Waals surface area contributed by atoms with Crippen LogP contribution in [0.3, 0.4) is 0 Å². The van der Waals surface area contributed by atoms with E-state index in [4.69, 9.17) is 14.5 Å². The lowest BCUT2D eigenvalue weighted by molar-refractivity contribution is -0.133. The summed E-state index contributed by atoms with van der Waals surface area (Å²) in [6, 6.07) is 12.3. The molecule has 3 aromatic rings. The van der Waals surface area contributed by atoms with Crippen molar-refractivity contribution in [2.45, 2.75) is 37.9 Å². The zero-order valence-electron chi connectivity index (χ0n) is 21.6. The van der Waals surface area contributed by atoms with Crippen LogP contribution in [0.2, 0.25) is 0 Å². The fourth-order valence-electron chi connectivity index (χ4n) is 5.83. The molecular formula is C28H31N5O4S. The van der Waals surface area contributed by atoms with Crippen LogP contribution >= 0.6 is 11.3 Å². The van der Waals surface area contributed by atoms with E-state index in [2.05, 4.69) is 14.8 Å². The number of carbonyl (C=O) groups excluding carboxylic acids is 2. The average molecular weight is 534 g/mol. The minimum Gasteiger partial charge on any atom is -0.497 e. The van der Waals surface area contributed by atoms with Gasteiger partial charge in [-0.2, -0.15) is 0 Å². The molecule has 1 aromatic carbocycles. The molecule has 0 spiro atoms. The predicted molar refractivity (Wildman–Crippen MR) is 145 cm³/mol. The van der Waals surface area contributed by atoms with Crippen molar-refractivity contribution in [2.75, 3.05) is 45.3 Å². The van der Waals surface area contributed by atoms with E-state index in [9.17, 15) is 9.59 Å². The number of likely N-dealkylation sites (tertiary alicyclic amines) is 1. The molecule has 0 radical (unpaired) electrons. The Morgan fingerprint density at radius 3 is 2.47 bits per heavy atom. The lowest BCUT2D eigenvalue weighted by Crippen LogP contribution is -2.56. The van der Waals surface area contributed by atoms with Gasteiger partial charge in [-0.3, -0.25) is 9.69 Å². The molecule has 198 valence electrons. The van der Waals surface area contributed by atoms with E-state index in [-0.39, 0.29) is 11.9 Å². The molecule has 10 heteroatoms. The average Bonchev–Trinajstić information content (AvgIpc) is 3.50. The Labute approximate surface area is 226 Å². The zero-order chi connectivity index (χ0) is 26.2. The number of methoxy groups -OCH3 is 2. The molecule has 38 heavy (non-hydrogen) atoms. The molecule has 1 amide bonds. The maximum absolute atomic E-state index is 13.3. The minimum atomic E-state index is -0.379. The number of carbonyl (C=O) groups is 2. The molecule has 2 atom stereocenters. The molecule has 0 saturated carbocycles. The lowest BCUT2D eigenvalue weighted by Gasteiger charge is -2.42. The van der Waals surface area contributed by atoms with Gasteiger partial charge in [0.05, 0.1) is 38.6 Å². The van der Waals surface area contributed by atoms with E-state index < -0.39 is 0 Å². The molecule has 2 unspecified atom stereocenters. The second kappa shape index (κ2) is 10.3. The number of esters is 1. The van der Waals surface area contributed by atoms with Crippen molar-refractivity contribution in [1.82, 2.24) is 19.8 Å². The smallest absolute Gasteiger partial charge is 0.339 e. The van der Waals surface area contributed by atoms with Crippen molar-refractivity contribution in [2.24, 2.45) is 0 Å². The highest BCUT2D eigenvalue weighted by atomic mass is 32.1. The van der Waals surface area contributed by atoms with Crippen molar-refractivity contribution >= 4 is 29.0 Å². The maximum atomic E-state index is 13.3. The van der Waals surface area contributed by atoms with Crippen LogP contribution in [0.15, 0.2) is 42.6 Å². The molecule has 6 rings (SSSR count).